The Morgan fingerprint density at radius 2 is 1.86 bits per heavy atom. The third kappa shape index (κ3) is 4.93. The molecule has 5 rings (SSSR count). The van der Waals surface area contributed by atoms with E-state index in [1.807, 2.05) is 39.0 Å². The molecule has 194 valence electrons. The number of aromatic nitrogens is 5. The van der Waals surface area contributed by atoms with Crippen molar-refractivity contribution in [1.82, 2.24) is 29.6 Å². The van der Waals surface area contributed by atoms with E-state index in [-0.39, 0.29) is 22.7 Å². The fourth-order valence-corrected chi connectivity index (χ4v) is 4.33. The van der Waals surface area contributed by atoms with E-state index < -0.39 is 29.5 Å². The number of halogens is 4. The Morgan fingerprint density at radius 1 is 1.08 bits per heavy atom. The topological polar surface area (TPSA) is 89.7 Å². The van der Waals surface area contributed by atoms with E-state index >= 15 is 4.39 Å². The first-order valence-electron chi connectivity index (χ1n) is 11.7. The lowest BCUT2D eigenvalue weighted by molar-refractivity contribution is -0.144. The van der Waals surface area contributed by atoms with Gasteiger partial charge in [-0.05, 0) is 42.3 Å². The Hall–Kier alpha value is -3.80. The van der Waals surface area contributed by atoms with Gasteiger partial charge in [-0.3, -0.25) is 9.78 Å². The molecule has 0 fully saturated rings. The lowest BCUT2D eigenvalue weighted by Crippen LogP contribution is -2.30. The number of hydrogen-bond donors (Lipinski definition) is 2. The predicted molar refractivity (Wildman–Crippen MR) is 131 cm³/mol. The summed E-state index contributed by atoms with van der Waals surface area (Å²) in [6, 6.07) is 7.12. The second kappa shape index (κ2) is 8.94. The molecule has 8 nitrogen and oxygen atoms in total. The molecule has 0 unspecified atom stereocenters. The Labute approximate surface area is 209 Å². The molecule has 1 aliphatic rings. The van der Waals surface area contributed by atoms with Gasteiger partial charge in [0.2, 0.25) is 5.95 Å². The van der Waals surface area contributed by atoms with Crippen molar-refractivity contribution < 1.29 is 17.6 Å². The molecule has 0 radical (unpaired) electrons. The van der Waals surface area contributed by atoms with Gasteiger partial charge < -0.3 is 10.6 Å². The standard InChI is InChI=1S/C25H25F4N7O/c1-24(2,3)20-9-19(18(26)12-31-20)36-21-17(22(37)35(36)13-25(27,28)29)11-32-23(34-21)33-16-5-4-15-10-30-7-6-14(15)8-16/h4-5,8-9,11-12,30H,6-7,10,13H2,1-3H3,(H,32,33,34). The highest BCUT2D eigenvalue weighted by atomic mass is 19.4. The number of anilines is 2. The maximum absolute atomic E-state index is 15.1. The largest absolute Gasteiger partial charge is 0.408 e. The van der Waals surface area contributed by atoms with E-state index in [1.54, 1.807) is 0 Å². The molecule has 0 bridgehead atoms. The number of pyridine rings is 1. The normalized spacial score (nSPS) is 14.1. The number of rotatable bonds is 4. The van der Waals surface area contributed by atoms with E-state index in [4.69, 9.17) is 0 Å². The molecule has 2 N–H and O–H groups in total. The van der Waals surface area contributed by atoms with Gasteiger partial charge in [0, 0.05) is 29.5 Å². The van der Waals surface area contributed by atoms with Crippen molar-refractivity contribution in [1.29, 1.82) is 0 Å². The third-order valence-electron chi connectivity index (χ3n) is 6.19. The summed E-state index contributed by atoms with van der Waals surface area (Å²) in [5, 5.41) is 6.19. The smallest absolute Gasteiger partial charge is 0.324 e. The van der Waals surface area contributed by atoms with E-state index in [9.17, 15) is 18.0 Å². The van der Waals surface area contributed by atoms with Crippen LogP contribution < -0.4 is 16.2 Å². The van der Waals surface area contributed by atoms with Crippen molar-refractivity contribution >= 4 is 22.7 Å². The van der Waals surface area contributed by atoms with Crippen molar-refractivity contribution in [3.63, 3.8) is 0 Å². The molecule has 1 aromatic carbocycles. The second-order valence-corrected chi connectivity index (χ2v) is 10.0. The van der Waals surface area contributed by atoms with E-state index in [1.165, 1.54) is 11.6 Å². The average Bonchev–Trinajstić information content (AvgIpc) is 3.08. The minimum Gasteiger partial charge on any atom is -0.324 e. The highest BCUT2D eigenvalue weighted by Crippen LogP contribution is 2.28. The zero-order chi connectivity index (χ0) is 26.5. The molecule has 4 heterocycles. The van der Waals surface area contributed by atoms with Crippen molar-refractivity contribution in [2.45, 2.75) is 51.9 Å². The van der Waals surface area contributed by atoms with Crippen LogP contribution in [-0.2, 0) is 24.9 Å². The van der Waals surface area contributed by atoms with Crippen molar-refractivity contribution in [2.75, 3.05) is 11.9 Å². The highest BCUT2D eigenvalue weighted by molar-refractivity contribution is 5.77. The number of nitrogens with one attached hydrogen (secondary N) is 2. The van der Waals surface area contributed by atoms with Crippen LogP contribution >= 0.6 is 0 Å². The van der Waals surface area contributed by atoms with Crippen molar-refractivity contribution in [3.05, 3.63) is 69.7 Å². The fraction of sp³-hybridized carbons (Fsp3) is 0.360. The second-order valence-electron chi connectivity index (χ2n) is 10.0. The van der Waals surface area contributed by atoms with Gasteiger partial charge in [-0.1, -0.05) is 26.8 Å². The number of hydrogen-bond acceptors (Lipinski definition) is 6. The Balaban J connectivity index is 1.67. The molecular formula is C25H25F4N7O. The first-order valence-corrected chi connectivity index (χ1v) is 11.7. The summed E-state index contributed by atoms with van der Waals surface area (Å²) < 4.78 is 56.8. The molecule has 0 saturated carbocycles. The first-order chi connectivity index (χ1) is 17.4. The molecule has 37 heavy (non-hydrogen) atoms. The molecule has 0 spiro atoms. The SMILES string of the molecule is CC(C)(C)c1cc(-n2c3nc(Nc4ccc5c(c4)CCNC5)ncc3c(=O)n2CC(F)(F)F)c(F)cn1. The van der Waals surface area contributed by atoms with Crippen LogP contribution in [0.15, 0.2) is 41.5 Å². The summed E-state index contributed by atoms with van der Waals surface area (Å²) >= 11 is 0. The zero-order valence-corrected chi connectivity index (χ0v) is 20.4. The quantitative estimate of drug-likeness (QED) is 0.393. The van der Waals surface area contributed by atoms with Gasteiger partial charge in [0.25, 0.3) is 5.56 Å². The maximum atomic E-state index is 15.1. The highest BCUT2D eigenvalue weighted by Gasteiger charge is 2.33. The molecule has 12 heteroatoms. The zero-order valence-electron chi connectivity index (χ0n) is 20.4. The van der Waals surface area contributed by atoms with Crippen LogP contribution in [0.3, 0.4) is 0 Å². The molecule has 0 atom stereocenters. The minimum absolute atomic E-state index is 0.0600. The number of fused-ring (bicyclic) bond motifs is 2. The maximum Gasteiger partial charge on any atom is 0.408 e. The number of benzene rings is 1. The van der Waals surface area contributed by atoms with Crippen LogP contribution in [0.25, 0.3) is 16.7 Å². The van der Waals surface area contributed by atoms with E-state index in [0.717, 1.165) is 42.1 Å². The van der Waals surface area contributed by atoms with Crippen LogP contribution in [0.1, 0.15) is 37.6 Å². The summed E-state index contributed by atoms with van der Waals surface area (Å²) in [4.78, 5) is 25.6. The summed E-state index contributed by atoms with van der Waals surface area (Å²) in [5.74, 6) is -0.831. The predicted octanol–water partition coefficient (Wildman–Crippen LogP) is 4.37. The van der Waals surface area contributed by atoms with E-state index in [0.29, 0.717) is 16.1 Å². The van der Waals surface area contributed by atoms with Crippen LogP contribution in [0.5, 0.6) is 0 Å². The summed E-state index contributed by atoms with van der Waals surface area (Å²) in [5.41, 5.74) is 1.54. The number of nitrogens with zero attached hydrogens (tertiary/aromatic N) is 5. The summed E-state index contributed by atoms with van der Waals surface area (Å²) in [6.07, 6.45) is -1.80. The van der Waals surface area contributed by atoms with Crippen LogP contribution in [0.4, 0.5) is 29.2 Å². The van der Waals surface area contributed by atoms with Gasteiger partial charge in [0.15, 0.2) is 11.5 Å². The lowest BCUT2D eigenvalue weighted by atomic mass is 9.91. The monoisotopic (exact) mass is 515 g/mol. The lowest BCUT2D eigenvalue weighted by Gasteiger charge is -2.20. The molecular weight excluding hydrogens is 490 g/mol. The molecule has 4 aromatic rings. The van der Waals surface area contributed by atoms with Gasteiger partial charge in [-0.25, -0.2) is 18.7 Å². The van der Waals surface area contributed by atoms with Crippen LogP contribution in [-0.4, -0.2) is 37.0 Å². The molecule has 0 aliphatic carbocycles. The first kappa shape index (κ1) is 24.9. The van der Waals surface area contributed by atoms with Crippen molar-refractivity contribution in [3.8, 4) is 5.69 Å². The average molecular weight is 516 g/mol. The summed E-state index contributed by atoms with van der Waals surface area (Å²) in [6.45, 7) is 5.51. The van der Waals surface area contributed by atoms with Crippen LogP contribution in [0, 0.1) is 5.82 Å². The Morgan fingerprint density at radius 3 is 2.59 bits per heavy atom. The van der Waals surface area contributed by atoms with Gasteiger partial charge >= 0.3 is 6.18 Å². The van der Waals surface area contributed by atoms with Crippen LogP contribution in [0.2, 0.25) is 0 Å². The molecule has 0 saturated heterocycles. The minimum atomic E-state index is -4.74. The molecule has 0 amide bonds. The molecule has 3 aromatic heterocycles. The van der Waals surface area contributed by atoms with Gasteiger partial charge in [-0.15, -0.1) is 0 Å². The van der Waals surface area contributed by atoms with Gasteiger partial charge in [0.1, 0.15) is 17.6 Å². The Bertz CT molecular complexity index is 1550. The van der Waals surface area contributed by atoms with Crippen molar-refractivity contribution in [2.24, 2.45) is 0 Å². The Kier molecular flexibility index (Phi) is 6.01. The summed E-state index contributed by atoms with van der Waals surface area (Å²) in [7, 11) is 0. The third-order valence-corrected chi connectivity index (χ3v) is 6.19. The van der Waals surface area contributed by atoms with Gasteiger partial charge in [-0.2, -0.15) is 18.2 Å². The van der Waals surface area contributed by atoms with Gasteiger partial charge in [0.05, 0.1) is 6.20 Å². The van der Waals surface area contributed by atoms with E-state index in [2.05, 4.69) is 25.6 Å². The molecule has 1 aliphatic heterocycles. The fourth-order valence-electron chi connectivity index (χ4n) is 4.33. The number of alkyl halides is 3.